The molecule has 0 atom stereocenters. The lowest BCUT2D eigenvalue weighted by Crippen LogP contribution is -2.33. The third-order valence-corrected chi connectivity index (χ3v) is 4.34. The van der Waals surface area contributed by atoms with Crippen LogP contribution in [0, 0.1) is 0 Å². The van der Waals surface area contributed by atoms with E-state index in [0.717, 1.165) is 41.5 Å². The molecule has 2 aromatic rings. The molecule has 3 N–H and O–H groups in total. The van der Waals surface area contributed by atoms with E-state index in [9.17, 15) is 0 Å². The molecule has 1 aliphatic rings. The average molecular weight is 312 g/mol. The van der Waals surface area contributed by atoms with Crippen molar-refractivity contribution in [3.05, 3.63) is 33.8 Å². The zero-order valence-corrected chi connectivity index (χ0v) is 12.3. The summed E-state index contributed by atoms with van der Waals surface area (Å²) in [5.74, 6) is 1.38. The maximum absolute atomic E-state index is 6.28. The van der Waals surface area contributed by atoms with Gasteiger partial charge in [-0.1, -0.05) is 29.3 Å². The highest BCUT2D eigenvalue weighted by Gasteiger charge is 2.25. The Morgan fingerprint density at radius 1 is 1.20 bits per heavy atom. The highest BCUT2D eigenvalue weighted by Crippen LogP contribution is 2.37. The van der Waals surface area contributed by atoms with Gasteiger partial charge in [0.05, 0.1) is 0 Å². The summed E-state index contributed by atoms with van der Waals surface area (Å²) in [6.07, 6.45) is 1.94. The first-order valence-electron chi connectivity index (χ1n) is 6.52. The molecular formula is C13H15Cl2N5. The van der Waals surface area contributed by atoms with Crippen molar-refractivity contribution in [2.24, 2.45) is 0 Å². The molecule has 5 nitrogen and oxygen atoms in total. The highest BCUT2D eigenvalue weighted by molar-refractivity contribution is 6.36. The van der Waals surface area contributed by atoms with Gasteiger partial charge in [0, 0.05) is 23.1 Å². The Bertz CT molecular complexity index is 584. The van der Waals surface area contributed by atoms with Crippen molar-refractivity contribution in [3.8, 4) is 0 Å². The van der Waals surface area contributed by atoms with Gasteiger partial charge in [-0.15, -0.1) is 5.10 Å². The Hall–Kier alpha value is -1.46. The minimum Gasteiger partial charge on any atom is -0.368 e. The Kier molecular flexibility index (Phi) is 3.72. The van der Waals surface area contributed by atoms with Gasteiger partial charge in [-0.25, -0.2) is 5.10 Å². The monoisotopic (exact) mass is 311 g/mol. The number of nitrogens with zero attached hydrogens (tertiary/aromatic N) is 3. The highest BCUT2D eigenvalue weighted by atomic mass is 35.5. The molecule has 1 aromatic heterocycles. The minimum absolute atomic E-state index is 0.344. The van der Waals surface area contributed by atoms with Crippen molar-refractivity contribution < 1.29 is 0 Å². The number of halogens is 2. The van der Waals surface area contributed by atoms with Crippen molar-refractivity contribution in [2.75, 3.05) is 23.7 Å². The Morgan fingerprint density at radius 2 is 1.85 bits per heavy atom. The van der Waals surface area contributed by atoms with E-state index in [2.05, 4.69) is 20.1 Å². The fourth-order valence-corrected chi connectivity index (χ4v) is 3.38. The fourth-order valence-electron chi connectivity index (χ4n) is 2.68. The number of hydrogen-bond acceptors (Lipinski definition) is 4. The number of aromatic nitrogens is 3. The number of nitrogens with two attached hydrogens (primary N) is 1. The van der Waals surface area contributed by atoms with Crippen LogP contribution >= 0.6 is 23.2 Å². The molecule has 2 heterocycles. The molecule has 7 heteroatoms. The maximum Gasteiger partial charge on any atom is 0.246 e. The third-order valence-electron chi connectivity index (χ3n) is 3.68. The van der Waals surface area contributed by atoms with E-state index in [-0.39, 0.29) is 0 Å². The smallest absolute Gasteiger partial charge is 0.246 e. The number of piperidine rings is 1. The molecule has 1 saturated heterocycles. The van der Waals surface area contributed by atoms with E-state index in [1.165, 1.54) is 0 Å². The summed E-state index contributed by atoms with van der Waals surface area (Å²) in [4.78, 5) is 6.27. The summed E-state index contributed by atoms with van der Waals surface area (Å²) < 4.78 is 0. The van der Waals surface area contributed by atoms with Gasteiger partial charge in [0.2, 0.25) is 11.9 Å². The van der Waals surface area contributed by atoms with Crippen LogP contribution in [0.2, 0.25) is 10.0 Å². The lowest BCUT2D eigenvalue weighted by molar-refractivity contribution is 0.500. The van der Waals surface area contributed by atoms with Crippen molar-refractivity contribution in [3.63, 3.8) is 0 Å². The second-order valence-corrected chi connectivity index (χ2v) is 5.73. The van der Waals surface area contributed by atoms with E-state index in [0.29, 0.717) is 17.8 Å². The van der Waals surface area contributed by atoms with Gasteiger partial charge < -0.3 is 10.6 Å². The Morgan fingerprint density at radius 3 is 2.40 bits per heavy atom. The minimum atomic E-state index is 0.344. The van der Waals surface area contributed by atoms with Crippen molar-refractivity contribution in [1.82, 2.24) is 15.2 Å². The number of H-pyrrole nitrogens is 1. The summed E-state index contributed by atoms with van der Waals surface area (Å²) >= 11 is 12.6. The van der Waals surface area contributed by atoms with Gasteiger partial charge in [-0.2, -0.15) is 4.98 Å². The topological polar surface area (TPSA) is 70.8 Å². The van der Waals surface area contributed by atoms with Gasteiger partial charge >= 0.3 is 0 Å². The largest absolute Gasteiger partial charge is 0.368 e. The molecule has 1 aliphatic heterocycles. The standard InChI is InChI=1S/C13H15Cl2N5/c14-9-2-1-3-10(15)11(9)8-4-6-20(7-5-8)13-17-12(16)18-19-13/h1-3,8H,4-7H2,(H3,16,17,18,19). The molecule has 1 aromatic carbocycles. The first kappa shape index (κ1) is 13.5. The number of benzene rings is 1. The number of anilines is 2. The Labute approximate surface area is 127 Å². The zero-order chi connectivity index (χ0) is 14.1. The normalized spacial score (nSPS) is 16.6. The number of aromatic amines is 1. The molecule has 106 valence electrons. The van der Waals surface area contributed by atoms with Crippen LogP contribution in [0.5, 0.6) is 0 Å². The van der Waals surface area contributed by atoms with E-state index in [4.69, 9.17) is 28.9 Å². The number of rotatable bonds is 2. The molecule has 0 bridgehead atoms. The lowest BCUT2D eigenvalue weighted by Gasteiger charge is -2.32. The molecule has 1 fully saturated rings. The molecule has 0 unspecified atom stereocenters. The molecule has 0 amide bonds. The molecule has 0 saturated carbocycles. The van der Waals surface area contributed by atoms with Gasteiger partial charge in [0.25, 0.3) is 0 Å². The summed E-state index contributed by atoms with van der Waals surface area (Å²) in [5.41, 5.74) is 6.61. The zero-order valence-electron chi connectivity index (χ0n) is 10.8. The van der Waals surface area contributed by atoms with Gasteiger partial charge in [-0.3, -0.25) is 0 Å². The van der Waals surface area contributed by atoms with E-state index >= 15 is 0 Å². The fraction of sp³-hybridized carbons (Fsp3) is 0.385. The maximum atomic E-state index is 6.28. The SMILES string of the molecule is Nc1nc(N2CCC(c3c(Cl)cccc3Cl)CC2)n[nH]1. The molecule has 0 radical (unpaired) electrons. The van der Waals surface area contributed by atoms with Crippen LogP contribution < -0.4 is 10.6 Å². The quantitative estimate of drug-likeness (QED) is 0.894. The van der Waals surface area contributed by atoms with E-state index in [1.54, 1.807) is 0 Å². The van der Waals surface area contributed by atoms with Crippen molar-refractivity contribution >= 4 is 35.1 Å². The predicted octanol–water partition coefficient (Wildman–Crippen LogP) is 3.08. The number of nitrogens with one attached hydrogen (secondary N) is 1. The Balaban J connectivity index is 1.72. The molecule has 3 rings (SSSR count). The number of hydrogen-bond donors (Lipinski definition) is 2. The summed E-state index contributed by atoms with van der Waals surface area (Å²) in [7, 11) is 0. The molecule has 0 spiro atoms. The van der Waals surface area contributed by atoms with Crippen molar-refractivity contribution in [1.29, 1.82) is 0 Å². The summed E-state index contributed by atoms with van der Waals surface area (Å²) in [6.45, 7) is 1.73. The summed E-state index contributed by atoms with van der Waals surface area (Å²) in [6, 6.07) is 5.66. The van der Waals surface area contributed by atoms with E-state index in [1.807, 2.05) is 18.2 Å². The number of nitrogen functional groups attached to an aromatic ring is 1. The van der Waals surface area contributed by atoms with Crippen LogP contribution in [-0.2, 0) is 0 Å². The third kappa shape index (κ3) is 2.55. The molecular weight excluding hydrogens is 297 g/mol. The van der Waals surface area contributed by atoms with Gasteiger partial charge in [0.15, 0.2) is 0 Å². The van der Waals surface area contributed by atoms with Crippen LogP contribution in [0.25, 0.3) is 0 Å². The summed E-state index contributed by atoms with van der Waals surface area (Å²) in [5, 5.41) is 8.24. The second kappa shape index (κ2) is 5.50. The van der Waals surface area contributed by atoms with Crippen molar-refractivity contribution in [2.45, 2.75) is 18.8 Å². The molecule has 20 heavy (non-hydrogen) atoms. The van der Waals surface area contributed by atoms with Gasteiger partial charge in [0.1, 0.15) is 0 Å². The van der Waals surface area contributed by atoms with Crippen LogP contribution in [0.3, 0.4) is 0 Å². The average Bonchev–Trinajstić information content (AvgIpc) is 2.86. The van der Waals surface area contributed by atoms with Crippen LogP contribution in [0.4, 0.5) is 11.9 Å². The van der Waals surface area contributed by atoms with E-state index < -0.39 is 0 Å². The van der Waals surface area contributed by atoms with Crippen LogP contribution in [-0.4, -0.2) is 28.3 Å². The van der Waals surface area contributed by atoms with Crippen LogP contribution in [0.1, 0.15) is 24.3 Å². The first-order valence-corrected chi connectivity index (χ1v) is 7.27. The predicted molar refractivity (Wildman–Crippen MR) is 81.4 cm³/mol. The lowest BCUT2D eigenvalue weighted by atomic mass is 9.89. The second-order valence-electron chi connectivity index (χ2n) is 4.92. The first-order chi connectivity index (χ1) is 9.65. The van der Waals surface area contributed by atoms with Crippen LogP contribution in [0.15, 0.2) is 18.2 Å². The van der Waals surface area contributed by atoms with Gasteiger partial charge in [-0.05, 0) is 36.5 Å². The molecule has 0 aliphatic carbocycles.